The van der Waals surface area contributed by atoms with E-state index < -0.39 is 11.6 Å². The van der Waals surface area contributed by atoms with Crippen LogP contribution >= 0.6 is 0 Å². The first-order chi connectivity index (χ1) is 8.65. The Bertz CT molecular complexity index is 516. The lowest BCUT2D eigenvalue weighted by Crippen LogP contribution is -1.96. The third-order valence-electron chi connectivity index (χ3n) is 2.77. The number of hydrogen-bond acceptors (Lipinski definition) is 2. The number of benzene rings is 2. The van der Waals surface area contributed by atoms with E-state index in [0.717, 1.165) is 0 Å². The molecule has 2 N–H and O–H groups in total. The fraction of sp³-hybridized carbons (Fsp3) is 0.143. The largest absolute Gasteiger partial charge is 0.392 e. The fourth-order valence-electron chi connectivity index (χ4n) is 1.91. The van der Waals surface area contributed by atoms with Crippen molar-refractivity contribution in [3.63, 3.8) is 0 Å². The van der Waals surface area contributed by atoms with Crippen molar-refractivity contribution in [2.75, 3.05) is 0 Å². The Hall–Kier alpha value is -1.78. The number of halogens is 2. The van der Waals surface area contributed by atoms with Gasteiger partial charge in [0.15, 0.2) is 0 Å². The maximum absolute atomic E-state index is 13.1. The lowest BCUT2D eigenvalue weighted by molar-refractivity contribution is 0.279. The molecule has 94 valence electrons. The van der Waals surface area contributed by atoms with Gasteiger partial charge >= 0.3 is 0 Å². The van der Waals surface area contributed by atoms with Crippen molar-refractivity contribution in [3.05, 3.63) is 59.2 Å². The Kier molecular flexibility index (Phi) is 3.69. The predicted octanol–water partition coefficient (Wildman–Crippen LogP) is 2.62. The Morgan fingerprint density at radius 1 is 0.722 bits per heavy atom. The normalized spacial score (nSPS) is 10.7. The first kappa shape index (κ1) is 12.7. The maximum Gasteiger partial charge on any atom is 0.123 e. The zero-order valence-electron chi connectivity index (χ0n) is 9.53. The molecule has 0 aromatic heterocycles. The van der Waals surface area contributed by atoms with E-state index in [1.54, 1.807) is 0 Å². The first-order valence-corrected chi connectivity index (χ1v) is 5.44. The van der Waals surface area contributed by atoms with Gasteiger partial charge in [0, 0.05) is 0 Å². The van der Waals surface area contributed by atoms with Gasteiger partial charge in [-0.25, -0.2) is 8.78 Å². The molecule has 0 radical (unpaired) electrons. The molecular formula is C14H12F2O2. The van der Waals surface area contributed by atoms with E-state index in [-0.39, 0.29) is 13.2 Å². The van der Waals surface area contributed by atoms with Gasteiger partial charge in [-0.1, -0.05) is 12.1 Å². The standard InChI is InChI=1S/C14H12F2O2/c15-11-1-3-13(9(5-11)7-17)14-4-2-12(16)6-10(14)8-18/h1-6,17-18H,7-8H2. The van der Waals surface area contributed by atoms with E-state index in [0.29, 0.717) is 22.3 Å². The molecule has 0 atom stereocenters. The van der Waals surface area contributed by atoms with Crippen molar-refractivity contribution in [3.8, 4) is 11.1 Å². The third-order valence-corrected chi connectivity index (χ3v) is 2.77. The van der Waals surface area contributed by atoms with Crippen LogP contribution in [0.3, 0.4) is 0 Å². The van der Waals surface area contributed by atoms with Crippen molar-refractivity contribution in [1.29, 1.82) is 0 Å². The quantitative estimate of drug-likeness (QED) is 0.879. The van der Waals surface area contributed by atoms with Crippen LogP contribution in [-0.2, 0) is 13.2 Å². The summed E-state index contributed by atoms with van der Waals surface area (Å²) in [7, 11) is 0. The second-order valence-electron chi connectivity index (χ2n) is 3.92. The molecule has 0 spiro atoms. The van der Waals surface area contributed by atoms with E-state index in [4.69, 9.17) is 0 Å². The summed E-state index contributed by atoms with van der Waals surface area (Å²) in [5.74, 6) is -0.897. The van der Waals surface area contributed by atoms with Crippen molar-refractivity contribution < 1.29 is 19.0 Å². The molecule has 2 rings (SSSR count). The van der Waals surface area contributed by atoms with Gasteiger partial charge < -0.3 is 10.2 Å². The van der Waals surface area contributed by atoms with Crippen molar-refractivity contribution in [1.82, 2.24) is 0 Å². The van der Waals surface area contributed by atoms with Gasteiger partial charge in [-0.05, 0) is 46.5 Å². The molecule has 0 fully saturated rings. The average molecular weight is 250 g/mol. The Morgan fingerprint density at radius 3 is 1.44 bits per heavy atom. The minimum absolute atomic E-state index is 0.324. The number of aliphatic hydroxyl groups excluding tert-OH is 2. The summed E-state index contributed by atoms with van der Waals surface area (Å²) in [5, 5.41) is 18.4. The molecule has 0 unspecified atom stereocenters. The number of hydrogen-bond donors (Lipinski definition) is 2. The summed E-state index contributed by atoms with van der Waals surface area (Å²) in [6.07, 6.45) is 0. The highest BCUT2D eigenvalue weighted by Gasteiger charge is 2.10. The summed E-state index contributed by atoms with van der Waals surface area (Å²) >= 11 is 0. The van der Waals surface area contributed by atoms with Crippen LogP contribution in [0, 0.1) is 11.6 Å². The molecule has 2 aromatic rings. The average Bonchev–Trinajstić information content (AvgIpc) is 2.38. The molecular weight excluding hydrogens is 238 g/mol. The minimum atomic E-state index is -0.449. The molecule has 2 aromatic carbocycles. The third kappa shape index (κ3) is 2.39. The first-order valence-electron chi connectivity index (χ1n) is 5.44. The Balaban J connectivity index is 2.61. The van der Waals surface area contributed by atoms with Crippen molar-refractivity contribution in [2.24, 2.45) is 0 Å². The van der Waals surface area contributed by atoms with Crippen molar-refractivity contribution in [2.45, 2.75) is 13.2 Å². The molecule has 0 bridgehead atoms. The molecule has 0 aliphatic carbocycles. The summed E-state index contributed by atoms with van der Waals surface area (Å²) in [6, 6.07) is 7.98. The molecule has 0 saturated heterocycles. The predicted molar refractivity (Wildman–Crippen MR) is 63.6 cm³/mol. The lowest BCUT2D eigenvalue weighted by Gasteiger charge is -2.11. The molecule has 18 heavy (non-hydrogen) atoms. The van der Waals surface area contributed by atoms with Gasteiger partial charge in [0.1, 0.15) is 11.6 Å². The van der Waals surface area contributed by atoms with Crippen LogP contribution in [0.1, 0.15) is 11.1 Å². The van der Waals surface area contributed by atoms with E-state index in [2.05, 4.69) is 0 Å². The number of aliphatic hydroxyl groups is 2. The SMILES string of the molecule is OCc1cc(F)ccc1-c1ccc(F)cc1CO. The maximum atomic E-state index is 13.1. The van der Waals surface area contributed by atoms with Gasteiger partial charge in [-0.15, -0.1) is 0 Å². The summed E-state index contributed by atoms with van der Waals surface area (Å²) < 4.78 is 26.2. The number of rotatable bonds is 3. The molecule has 0 aliphatic heterocycles. The fourth-order valence-corrected chi connectivity index (χ4v) is 1.91. The van der Waals surface area contributed by atoms with Gasteiger partial charge in [0.25, 0.3) is 0 Å². The second kappa shape index (κ2) is 5.25. The Labute approximate surface area is 103 Å². The Morgan fingerprint density at radius 2 is 1.11 bits per heavy atom. The zero-order chi connectivity index (χ0) is 13.1. The molecule has 0 amide bonds. The second-order valence-corrected chi connectivity index (χ2v) is 3.92. The van der Waals surface area contributed by atoms with Crippen LogP contribution in [0.15, 0.2) is 36.4 Å². The molecule has 2 nitrogen and oxygen atoms in total. The summed E-state index contributed by atoms with van der Waals surface area (Å²) in [6.45, 7) is -0.648. The summed E-state index contributed by atoms with van der Waals surface area (Å²) in [4.78, 5) is 0. The zero-order valence-corrected chi connectivity index (χ0v) is 9.53. The van der Waals surface area contributed by atoms with Gasteiger partial charge in [0.05, 0.1) is 13.2 Å². The topological polar surface area (TPSA) is 40.5 Å². The van der Waals surface area contributed by atoms with Crippen LogP contribution in [0.25, 0.3) is 11.1 Å². The van der Waals surface area contributed by atoms with E-state index in [1.165, 1.54) is 36.4 Å². The smallest absolute Gasteiger partial charge is 0.123 e. The van der Waals surface area contributed by atoms with Gasteiger partial charge in [-0.2, -0.15) is 0 Å². The van der Waals surface area contributed by atoms with Gasteiger partial charge in [0.2, 0.25) is 0 Å². The van der Waals surface area contributed by atoms with Crippen LogP contribution in [0.4, 0.5) is 8.78 Å². The highest BCUT2D eigenvalue weighted by Crippen LogP contribution is 2.28. The molecule has 4 heteroatoms. The highest BCUT2D eigenvalue weighted by molar-refractivity contribution is 5.70. The summed E-state index contributed by atoms with van der Waals surface area (Å²) in [5.41, 5.74) is 1.97. The molecule has 0 heterocycles. The van der Waals surface area contributed by atoms with Crippen molar-refractivity contribution >= 4 is 0 Å². The van der Waals surface area contributed by atoms with Crippen LogP contribution in [-0.4, -0.2) is 10.2 Å². The molecule has 0 saturated carbocycles. The van der Waals surface area contributed by atoms with Crippen LogP contribution in [0.5, 0.6) is 0 Å². The monoisotopic (exact) mass is 250 g/mol. The van der Waals surface area contributed by atoms with E-state index >= 15 is 0 Å². The van der Waals surface area contributed by atoms with E-state index in [1.807, 2.05) is 0 Å². The molecule has 0 aliphatic rings. The van der Waals surface area contributed by atoms with E-state index in [9.17, 15) is 19.0 Å². The lowest BCUT2D eigenvalue weighted by atomic mass is 9.95. The minimum Gasteiger partial charge on any atom is -0.392 e. The van der Waals surface area contributed by atoms with Crippen LogP contribution in [0.2, 0.25) is 0 Å². The van der Waals surface area contributed by atoms with Gasteiger partial charge in [-0.3, -0.25) is 0 Å². The highest BCUT2D eigenvalue weighted by atomic mass is 19.1. The van der Waals surface area contributed by atoms with Crippen LogP contribution < -0.4 is 0 Å².